The smallest absolute Gasteiger partial charge is 0.237 e. The largest absolute Gasteiger partial charge is 0.376 e. The lowest BCUT2D eigenvalue weighted by Crippen LogP contribution is -2.55. The Balaban J connectivity index is 2.41. The molecule has 1 aliphatic carbocycles. The summed E-state index contributed by atoms with van der Waals surface area (Å²) in [6, 6.07) is -0.471. The van der Waals surface area contributed by atoms with Crippen LogP contribution in [0.5, 0.6) is 0 Å². The molecular formula is C12H24N2O2. The number of rotatable bonds is 4. The molecule has 1 atom stereocenters. The summed E-state index contributed by atoms with van der Waals surface area (Å²) < 4.78 is 5.43. The van der Waals surface area contributed by atoms with Crippen LogP contribution in [0.2, 0.25) is 0 Å². The molecule has 0 aromatic heterocycles. The summed E-state index contributed by atoms with van der Waals surface area (Å²) in [5, 5.41) is 2.89. The van der Waals surface area contributed by atoms with Gasteiger partial charge in [0.2, 0.25) is 5.91 Å². The SMILES string of the molecule is COC1(CNC(=O)[C@@H](N)C(C)(C)C)CCC1. The van der Waals surface area contributed by atoms with Crippen molar-refractivity contribution in [2.75, 3.05) is 13.7 Å². The standard InChI is InChI=1S/C12H24N2O2/c1-11(2,3)9(13)10(15)14-8-12(16-4)6-5-7-12/h9H,5-8,13H2,1-4H3,(H,14,15)/t9-/m1/s1. The highest BCUT2D eigenvalue weighted by atomic mass is 16.5. The van der Waals surface area contributed by atoms with Crippen LogP contribution in [0.1, 0.15) is 40.0 Å². The second kappa shape index (κ2) is 4.72. The lowest BCUT2D eigenvalue weighted by molar-refractivity contribution is -0.128. The van der Waals surface area contributed by atoms with E-state index in [1.54, 1.807) is 7.11 Å². The van der Waals surface area contributed by atoms with Gasteiger partial charge in [-0.15, -0.1) is 0 Å². The summed E-state index contributed by atoms with van der Waals surface area (Å²) in [6.45, 7) is 6.47. The van der Waals surface area contributed by atoms with E-state index in [1.807, 2.05) is 20.8 Å². The fourth-order valence-electron chi connectivity index (χ4n) is 1.78. The van der Waals surface area contributed by atoms with E-state index in [0.29, 0.717) is 6.54 Å². The molecule has 0 bridgehead atoms. The molecule has 0 spiro atoms. The Hall–Kier alpha value is -0.610. The second-order valence-corrected chi connectivity index (χ2v) is 5.80. The van der Waals surface area contributed by atoms with Gasteiger partial charge in [-0.25, -0.2) is 0 Å². The molecule has 1 amide bonds. The second-order valence-electron chi connectivity index (χ2n) is 5.80. The predicted octanol–water partition coefficient (Wildman–Crippen LogP) is 1.05. The van der Waals surface area contributed by atoms with Crippen molar-refractivity contribution in [2.24, 2.45) is 11.1 Å². The van der Waals surface area contributed by atoms with Crippen LogP contribution in [0, 0.1) is 5.41 Å². The molecule has 1 rings (SSSR count). The third kappa shape index (κ3) is 2.95. The zero-order valence-corrected chi connectivity index (χ0v) is 10.8. The van der Waals surface area contributed by atoms with Crippen molar-refractivity contribution >= 4 is 5.91 Å². The molecule has 4 heteroatoms. The number of nitrogens with two attached hydrogens (primary N) is 1. The molecular weight excluding hydrogens is 204 g/mol. The van der Waals surface area contributed by atoms with Crippen molar-refractivity contribution in [3.63, 3.8) is 0 Å². The first-order valence-electron chi connectivity index (χ1n) is 5.89. The summed E-state index contributed by atoms with van der Waals surface area (Å²) in [6.07, 6.45) is 3.22. The minimum Gasteiger partial charge on any atom is -0.376 e. The topological polar surface area (TPSA) is 64.3 Å². The number of nitrogens with one attached hydrogen (secondary N) is 1. The first-order chi connectivity index (χ1) is 7.31. The molecule has 16 heavy (non-hydrogen) atoms. The molecule has 94 valence electrons. The Bertz CT molecular complexity index is 249. The molecule has 0 saturated heterocycles. The van der Waals surface area contributed by atoms with Crippen LogP contribution in [-0.4, -0.2) is 31.2 Å². The quantitative estimate of drug-likeness (QED) is 0.756. The Morgan fingerprint density at radius 3 is 2.38 bits per heavy atom. The Labute approximate surface area is 97.9 Å². The molecule has 0 aromatic carbocycles. The van der Waals surface area contributed by atoms with Crippen LogP contribution in [0.3, 0.4) is 0 Å². The van der Waals surface area contributed by atoms with E-state index in [9.17, 15) is 4.79 Å². The molecule has 0 aliphatic heterocycles. The third-order valence-corrected chi connectivity index (χ3v) is 3.50. The number of carbonyl (C=O) groups excluding carboxylic acids is 1. The molecule has 0 heterocycles. The third-order valence-electron chi connectivity index (χ3n) is 3.50. The van der Waals surface area contributed by atoms with Crippen LogP contribution in [0.4, 0.5) is 0 Å². The fourth-order valence-corrected chi connectivity index (χ4v) is 1.78. The van der Waals surface area contributed by atoms with Gasteiger partial charge < -0.3 is 15.8 Å². The first-order valence-corrected chi connectivity index (χ1v) is 5.89. The Kier molecular flexibility index (Phi) is 3.97. The Morgan fingerprint density at radius 1 is 1.50 bits per heavy atom. The van der Waals surface area contributed by atoms with E-state index in [-0.39, 0.29) is 16.9 Å². The van der Waals surface area contributed by atoms with Gasteiger partial charge in [0.25, 0.3) is 0 Å². The van der Waals surface area contributed by atoms with E-state index in [1.165, 1.54) is 6.42 Å². The van der Waals surface area contributed by atoms with Gasteiger partial charge in [-0.3, -0.25) is 4.79 Å². The normalized spacial score (nSPS) is 21.1. The molecule has 1 fully saturated rings. The molecule has 0 unspecified atom stereocenters. The first kappa shape index (κ1) is 13.5. The molecule has 4 nitrogen and oxygen atoms in total. The minimum atomic E-state index is -0.471. The highest BCUT2D eigenvalue weighted by Crippen LogP contribution is 2.34. The molecule has 3 N–H and O–H groups in total. The zero-order chi connectivity index (χ0) is 12.4. The average molecular weight is 228 g/mol. The van der Waals surface area contributed by atoms with Gasteiger partial charge in [0.1, 0.15) is 0 Å². The number of hydrogen-bond acceptors (Lipinski definition) is 3. The monoisotopic (exact) mass is 228 g/mol. The van der Waals surface area contributed by atoms with Gasteiger partial charge in [-0.05, 0) is 24.7 Å². The Morgan fingerprint density at radius 2 is 2.06 bits per heavy atom. The number of ether oxygens (including phenoxy) is 1. The summed E-state index contributed by atoms with van der Waals surface area (Å²) in [7, 11) is 1.70. The maximum Gasteiger partial charge on any atom is 0.237 e. The van der Waals surface area contributed by atoms with Gasteiger partial charge in [-0.1, -0.05) is 20.8 Å². The lowest BCUT2D eigenvalue weighted by Gasteiger charge is -2.41. The summed E-state index contributed by atoms with van der Waals surface area (Å²) in [5.74, 6) is -0.0872. The summed E-state index contributed by atoms with van der Waals surface area (Å²) >= 11 is 0. The lowest BCUT2D eigenvalue weighted by atomic mass is 9.79. The maximum atomic E-state index is 11.8. The molecule has 1 saturated carbocycles. The number of methoxy groups -OCH3 is 1. The minimum absolute atomic E-state index is 0.0872. The van der Waals surface area contributed by atoms with Gasteiger partial charge in [0.05, 0.1) is 11.6 Å². The van der Waals surface area contributed by atoms with Gasteiger partial charge >= 0.3 is 0 Å². The van der Waals surface area contributed by atoms with Crippen LogP contribution in [0.15, 0.2) is 0 Å². The van der Waals surface area contributed by atoms with E-state index < -0.39 is 6.04 Å². The summed E-state index contributed by atoms with van der Waals surface area (Å²) in [5.41, 5.74) is 5.54. The maximum absolute atomic E-state index is 11.8. The highest BCUT2D eigenvalue weighted by Gasteiger charge is 2.38. The predicted molar refractivity (Wildman–Crippen MR) is 64.0 cm³/mol. The van der Waals surface area contributed by atoms with Crippen LogP contribution < -0.4 is 11.1 Å². The fraction of sp³-hybridized carbons (Fsp3) is 0.917. The zero-order valence-electron chi connectivity index (χ0n) is 10.8. The number of carbonyl (C=O) groups is 1. The van der Waals surface area contributed by atoms with E-state index in [0.717, 1.165) is 12.8 Å². The van der Waals surface area contributed by atoms with Crippen molar-refractivity contribution in [3.05, 3.63) is 0 Å². The van der Waals surface area contributed by atoms with Crippen molar-refractivity contribution in [1.82, 2.24) is 5.32 Å². The molecule has 1 aliphatic rings. The van der Waals surface area contributed by atoms with Crippen molar-refractivity contribution < 1.29 is 9.53 Å². The highest BCUT2D eigenvalue weighted by molar-refractivity contribution is 5.82. The van der Waals surface area contributed by atoms with Gasteiger partial charge in [0.15, 0.2) is 0 Å². The van der Waals surface area contributed by atoms with Crippen LogP contribution in [0.25, 0.3) is 0 Å². The van der Waals surface area contributed by atoms with Crippen molar-refractivity contribution in [3.8, 4) is 0 Å². The van der Waals surface area contributed by atoms with E-state index in [2.05, 4.69) is 5.32 Å². The van der Waals surface area contributed by atoms with Crippen molar-refractivity contribution in [2.45, 2.75) is 51.7 Å². The number of amides is 1. The average Bonchev–Trinajstić information content (AvgIpc) is 2.14. The summed E-state index contributed by atoms with van der Waals surface area (Å²) in [4.78, 5) is 11.8. The van der Waals surface area contributed by atoms with Crippen molar-refractivity contribution in [1.29, 1.82) is 0 Å². The van der Waals surface area contributed by atoms with Crippen LogP contribution in [-0.2, 0) is 9.53 Å². The van der Waals surface area contributed by atoms with Gasteiger partial charge in [0, 0.05) is 13.7 Å². The molecule has 0 aromatic rings. The number of hydrogen-bond donors (Lipinski definition) is 2. The molecule has 0 radical (unpaired) electrons. The van der Waals surface area contributed by atoms with Gasteiger partial charge in [-0.2, -0.15) is 0 Å². The van der Waals surface area contributed by atoms with E-state index in [4.69, 9.17) is 10.5 Å². The van der Waals surface area contributed by atoms with E-state index >= 15 is 0 Å². The van der Waals surface area contributed by atoms with Crippen LogP contribution >= 0.6 is 0 Å².